The molecule has 1 heterocycles. The van der Waals surface area contributed by atoms with Gasteiger partial charge in [0.25, 0.3) is 11.0 Å². The summed E-state index contributed by atoms with van der Waals surface area (Å²) in [5, 5.41) is -0.212. The topological polar surface area (TPSA) is 61.0 Å². The van der Waals surface area contributed by atoms with E-state index in [9.17, 15) is 13.2 Å². The van der Waals surface area contributed by atoms with Crippen LogP contribution >= 0.6 is 27.5 Å². The Hall–Kier alpha value is -1.35. The molecule has 0 saturated heterocycles. The van der Waals surface area contributed by atoms with Crippen LogP contribution in [0.3, 0.4) is 0 Å². The number of halogens is 4. The van der Waals surface area contributed by atoms with Crippen molar-refractivity contribution in [3.63, 3.8) is 0 Å². The van der Waals surface area contributed by atoms with Crippen molar-refractivity contribution in [1.82, 2.24) is 9.36 Å². The highest BCUT2D eigenvalue weighted by molar-refractivity contribution is 9.10. The number of nitrogens with zero attached hydrogens (tertiary/aromatic N) is 2. The zero-order valence-corrected chi connectivity index (χ0v) is 10.9. The Morgan fingerprint density at radius 2 is 2.06 bits per heavy atom. The van der Waals surface area contributed by atoms with Crippen LogP contribution in [-0.2, 0) is 6.18 Å². The minimum Gasteiger partial charge on any atom is -0.428 e. The van der Waals surface area contributed by atoms with E-state index in [0.29, 0.717) is 11.5 Å². The van der Waals surface area contributed by atoms with Crippen LogP contribution in [-0.4, -0.2) is 9.36 Å². The third kappa shape index (κ3) is 2.91. The molecule has 96 valence electrons. The van der Waals surface area contributed by atoms with Crippen LogP contribution in [0.5, 0.6) is 10.9 Å². The van der Waals surface area contributed by atoms with E-state index in [0.717, 1.165) is 4.47 Å². The third-order valence-corrected chi connectivity index (χ3v) is 2.92. The maximum atomic E-state index is 12.3. The lowest BCUT2D eigenvalue weighted by Crippen LogP contribution is -2.06. The summed E-state index contributed by atoms with van der Waals surface area (Å²) in [5.41, 5.74) is 5.93. The zero-order chi connectivity index (χ0) is 13.3. The lowest BCUT2D eigenvalue weighted by molar-refractivity contribution is -0.144. The Labute approximate surface area is 112 Å². The minimum absolute atomic E-state index is 0.212. The van der Waals surface area contributed by atoms with E-state index in [2.05, 4.69) is 25.3 Å². The van der Waals surface area contributed by atoms with Crippen molar-refractivity contribution in [1.29, 1.82) is 0 Å². The second kappa shape index (κ2) is 4.73. The summed E-state index contributed by atoms with van der Waals surface area (Å²) in [5.74, 6) is -0.999. The molecule has 2 N–H and O–H groups in total. The van der Waals surface area contributed by atoms with Gasteiger partial charge in [0.05, 0.1) is 5.69 Å². The summed E-state index contributed by atoms with van der Waals surface area (Å²) >= 11 is 3.72. The molecule has 0 unspecified atom stereocenters. The molecule has 2 rings (SSSR count). The minimum atomic E-state index is -4.58. The molecule has 0 aliphatic carbocycles. The van der Waals surface area contributed by atoms with Gasteiger partial charge >= 0.3 is 6.18 Å². The summed E-state index contributed by atoms with van der Waals surface area (Å²) in [6.07, 6.45) is -4.58. The van der Waals surface area contributed by atoms with Gasteiger partial charge in [-0.1, -0.05) is 15.9 Å². The maximum absolute atomic E-state index is 12.3. The standard InChI is InChI=1S/C9H5BrF3N3OS/c10-4-1-2-6(5(14)3-4)17-8-15-7(16-18-8)9(11,12)13/h1-3H,14H2. The summed E-state index contributed by atoms with van der Waals surface area (Å²) in [6.45, 7) is 0. The second-order valence-electron chi connectivity index (χ2n) is 3.17. The molecule has 0 spiro atoms. The van der Waals surface area contributed by atoms with Gasteiger partial charge in [0.1, 0.15) is 0 Å². The van der Waals surface area contributed by atoms with Crippen molar-refractivity contribution in [2.45, 2.75) is 6.18 Å². The van der Waals surface area contributed by atoms with Gasteiger partial charge in [-0.3, -0.25) is 0 Å². The number of ether oxygens (including phenoxy) is 1. The Kier molecular flexibility index (Phi) is 3.44. The molecule has 9 heteroatoms. The first-order valence-electron chi connectivity index (χ1n) is 4.50. The number of hydrogen-bond donors (Lipinski definition) is 1. The van der Waals surface area contributed by atoms with Gasteiger partial charge < -0.3 is 10.5 Å². The van der Waals surface area contributed by atoms with E-state index in [1.807, 2.05) is 0 Å². The molecule has 0 amide bonds. The largest absolute Gasteiger partial charge is 0.452 e. The van der Waals surface area contributed by atoms with Crippen LogP contribution in [0.15, 0.2) is 22.7 Å². The molecular weight excluding hydrogens is 335 g/mol. The zero-order valence-electron chi connectivity index (χ0n) is 8.53. The summed E-state index contributed by atoms with van der Waals surface area (Å²) in [4.78, 5) is 3.23. The molecular formula is C9H5BrF3N3OS. The summed E-state index contributed by atoms with van der Waals surface area (Å²) < 4.78 is 45.8. The van der Waals surface area contributed by atoms with Gasteiger partial charge in [-0.25, -0.2) is 0 Å². The molecule has 1 aromatic heterocycles. The molecule has 1 aromatic carbocycles. The van der Waals surface area contributed by atoms with E-state index in [1.54, 1.807) is 12.1 Å². The Morgan fingerprint density at radius 1 is 1.33 bits per heavy atom. The summed E-state index contributed by atoms with van der Waals surface area (Å²) in [7, 11) is 0. The van der Waals surface area contributed by atoms with Crippen LogP contribution in [0.1, 0.15) is 5.82 Å². The average molecular weight is 340 g/mol. The van der Waals surface area contributed by atoms with Crippen molar-refractivity contribution in [2.75, 3.05) is 5.73 Å². The molecule has 0 atom stereocenters. The van der Waals surface area contributed by atoms with Gasteiger partial charge in [-0.2, -0.15) is 22.5 Å². The third-order valence-electron chi connectivity index (χ3n) is 1.83. The highest BCUT2D eigenvalue weighted by atomic mass is 79.9. The first kappa shape index (κ1) is 13.1. The molecule has 0 aliphatic rings. The first-order chi connectivity index (χ1) is 8.36. The number of aromatic nitrogens is 2. The van der Waals surface area contributed by atoms with E-state index >= 15 is 0 Å². The molecule has 0 aliphatic heterocycles. The highest BCUT2D eigenvalue weighted by Crippen LogP contribution is 2.34. The predicted octanol–water partition coefficient (Wildman–Crippen LogP) is 3.69. The lowest BCUT2D eigenvalue weighted by atomic mass is 10.3. The van der Waals surface area contributed by atoms with Gasteiger partial charge in [-0.05, 0) is 18.2 Å². The van der Waals surface area contributed by atoms with E-state index in [4.69, 9.17) is 10.5 Å². The summed E-state index contributed by atoms with van der Waals surface area (Å²) in [6, 6.07) is 4.74. The Balaban J connectivity index is 2.21. The number of nitrogens with two attached hydrogens (primary N) is 1. The molecule has 0 radical (unpaired) electrons. The average Bonchev–Trinajstić information content (AvgIpc) is 2.70. The van der Waals surface area contributed by atoms with Crippen molar-refractivity contribution < 1.29 is 17.9 Å². The van der Waals surface area contributed by atoms with Crippen LogP contribution in [0, 0.1) is 0 Å². The van der Waals surface area contributed by atoms with E-state index < -0.39 is 12.0 Å². The van der Waals surface area contributed by atoms with Crippen LogP contribution in [0.2, 0.25) is 0 Å². The molecule has 2 aromatic rings. The van der Waals surface area contributed by atoms with Gasteiger partial charge in [0.2, 0.25) is 0 Å². The molecule has 0 fully saturated rings. The highest BCUT2D eigenvalue weighted by Gasteiger charge is 2.36. The number of hydrogen-bond acceptors (Lipinski definition) is 5. The number of anilines is 1. The quantitative estimate of drug-likeness (QED) is 0.847. The van der Waals surface area contributed by atoms with Crippen molar-refractivity contribution in [3.8, 4) is 10.9 Å². The fraction of sp³-hybridized carbons (Fsp3) is 0.111. The number of rotatable bonds is 2. The number of benzene rings is 1. The van der Waals surface area contributed by atoms with Gasteiger partial charge in [-0.15, -0.1) is 0 Å². The van der Waals surface area contributed by atoms with Crippen LogP contribution in [0.25, 0.3) is 0 Å². The second-order valence-corrected chi connectivity index (χ2v) is 4.80. The molecule has 0 saturated carbocycles. The normalized spacial score (nSPS) is 11.6. The van der Waals surface area contributed by atoms with Crippen LogP contribution < -0.4 is 10.5 Å². The SMILES string of the molecule is Nc1cc(Br)ccc1Oc1nc(C(F)(F)F)ns1. The number of alkyl halides is 3. The Bertz CT molecular complexity index is 572. The predicted molar refractivity (Wildman–Crippen MR) is 63.5 cm³/mol. The maximum Gasteiger partial charge on any atom is 0.452 e. The van der Waals surface area contributed by atoms with Crippen LogP contribution in [0.4, 0.5) is 18.9 Å². The lowest BCUT2D eigenvalue weighted by Gasteiger charge is -2.04. The molecule has 18 heavy (non-hydrogen) atoms. The van der Waals surface area contributed by atoms with Gasteiger partial charge in [0, 0.05) is 16.0 Å². The number of nitrogen functional groups attached to an aromatic ring is 1. The molecule has 4 nitrogen and oxygen atoms in total. The smallest absolute Gasteiger partial charge is 0.428 e. The van der Waals surface area contributed by atoms with Crippen molar-refractivity contribution in [2.24, 2.45) is 0 Å². The Morgan fingerprint density at radius 3 is 2.61 bits per heavy atom. The fourth-order valence-electron chi connectivity index (χ4n) is 1.07. The van der Waals surface area contributed by atoms with Gasteiger partial charge in [0.15, 0.2) is 5.75 Å². The van der Waals surface area contributed by atoms with Crippen molar-refractivity contribution in [3.05, 3.63) is 28.5 Å². The molecule has 0 bridgehead atoms. The van der Waals surface area contributed by atoms with Crippen molar-refractivity contribution >= 4 is 33.1 Å². The van der Waals surface area contributed by atoms with E-state index in [1.165, 1.54) is 6.07 Å². The van der Waals surface area contributed by atoms with E-state index in [-0.39, 0.29) is 16.6 Å². The monoisotopic (exact) mass is 339 g/mol. The fourth-order valence-corrected chi connectivity index (χ4v) is 2.01. The first-order valence-corrected chi connectivity index (χ1v) is 6.06.